The molecule has 0 unspecified atom stereocenters. The van der Waals surface area contributed by atoms with Crippen LogP contribution in [0, 0.1) is 6.92 Å². The highest BCUT2D eigenvalue weighted by molar-refractivity contribution is 7.11. The van der Waals surface area contributed by atoms with Crippen LogP contribution in [0.2, 0.25) is 0 Å². The number of unbranched alkanes of at least 4 members (excludes halogenated alkanes) is 1. The number of benzene rings is 2. The van der Waals surface area contributed by atoms with Crippen LogP contribution in [0.3, 0.4) is 0 Å². The van der Waals surface area contributed by atoms with Crippen LogP contribution in [-0.2, 0) is 17.8 Å². The number of thiophene rings is 1. The lowest BCUT2D eigenvalue weighted by atomic mass is 10.1. The van der Waals surface area contributed by atoms with E-state index >= 15 is 0 Å². The lowest BCUT2D eigenvalue weighted by Gasteiger charge is -2.28. The zero-order chi connectivity index (χ0) is 27.5. The summed E-state index contributed by atoms with van der Waals surface area (Å²) in [5.41, 5.74) is 1.50. The fourth-order valence-corrected chi connectivity index (χ4v) is 5.11. The van der Waals surface area contributed by atoms with Gasteiger partial charge in [-0.2, -0.15) is 0 Å². The first kappa shape index (κ1) is 29.0. The Kier molecular flexibility index (Phi) is 11.0. The maximum absolute atomic E-state index is 13.7. The smallest absolute Gasteiger partial charge is 0.258 e. The fraction of sp³-hybridized carbons (Fsp3) is 0.400. The summed E-state index contributed by atoms with van der Waals surface area (Å²) in [4.78, 5) is 33.0. The van der Waals surface area contributed by atoms with Crippen molar-refractivity contribution in [3.63, 3.8) is 0 Å². The molecule has 2 aromatic carbocycles. The van der Waals surface area contributed by atoms with Crippen molar-refractivity contribution in [2.45, 2.75) is 39.7 Å². The van der Waals surface area contributed by atoms with Gasteiger partial charge >= 0.3 is 0 Å². The first-order valence-electron chi connectivity index (χ1n) is 12.9. The average Bonchev–Trinajstić information content (AvgIpc) is 3.36. The standard InChI is InChI=1S/C30H38N2O5S/c1-6-7-17-32(30(34)25-10-8-9-11-26(25)35-3)21-29(33)31(20-24-14-12-22(2)38-24)18-16-23-13-15-27(36-4)28(19-23)37-5/h8-15,19H,6-7,16-18,20-21H2,1-5H3. The molecule has 1 aromatic heterocycles. The molecule has 0 fully saturated rings. The number of carbonyl (C=O) groups excluding carboxylic acids is 2. The summed E-state index contributed by atoms with van der Waals surface area (Å²) >= 11 is 1.68. The molecular weight excluding hydrogens is 500 g/mol. The van der Waals surface area contributed by atoms with E-state index in [4.69, 9.17) is 14.2 Å². The Morgan fingerprint density at radius 3 is 2.24 bits per heavy atom. The number of nitrogens with zero attached hydrogens (tertiary/aromatic N) is 2. The average molecular weight is 539 g/mol. The van der Waals surface area contributed by atoms with Gasteiger partial charge < -0.3 is 24.0 Å². The molecule has 0 atom stereocenters. The SMILES string of the molecule is CCCCN(CC(=O)N(CCc1ccc(OC)c(OC)c1)Cc1ccc(C)s1)C(=O)c1ccccc1OC. The predicted octanol–water partition coefficient (Wildman–Crippen LogP) is 5.60. The summed E-state index contributed by atoms with van der Waals surface area (Å²) in [7, 11) is 4.77. The molecular formula is C30H38N2O5S. The van der Waals surface area contributed by atoms with Crippen LogP contribution >= 0.6 is 11.3 Å². The Morgan fingerprint density at radius 2 is 1.58 bits per heavy atom. The number of amides is 2. The number of ether oxygens (including phenoxy) is 3. The summed E-state index contributed by atoms with van der Waals surface area (Å²) in [5, 5.41) is 0. The zero-order valence-corrected chi connectivity index (χ0v) is 23.8. The Morgan fingerprint density at radius 1 is 0.842 bits per heavy atom. The van der Waals surface area contributed by atoms with Crippen molar-refractivity contribution in [3.05, 3.63) is 75.5 Å². The highest BCUT2D eigenvalue weighted by Gasteiger charge is 2.24. The fourth-order valence-electron chi connectivity index (χ4n) is 4.21. The summed E-state index contributed by atoms with van der Waals surface area (Å²) in [6.45, 7) is 5.64. The number of para-hydroxylation sites is 1. The number of hydrogen-bond donors (Lipinski definition) is 0. The van der Waals surface area contributed by atoms with Crippen molar-refractivity contribution in [1.82, 2.24) is 9.80 Å². The molecule has 1 heterocycles. The monoisotopic (exact) mass is 538 g/mol. The lowest BCUT2D eigenvalue weighted by molar-refractivity contribution is -0.132. The number of hydrogen-bond acceptors (Lipinski definition) is 6. The van der Waals surface area contributed by atoms with E-state index in [0.717, 1.165) is 23.3 Å². The van der Waals surface area contributed by atoms with Gasteiger partial charge in [-0.1, -0.05) is 31.5 Å². The van der Waals surface area contributed by atoms with E-state index < -0.39 is 0 Å². The molecule has 38 heavy (non-hydrogen) atoms. The topological polar surface area (TPSA) is 68.3 Å². The van der Waals surface area contributed by atoms with Crippen LogP contribution in [0.1, 0.15) is 45.4 Å². The largest absolute Gasteiger partial charge is 0.496 e. The van der Waals surface area contributed by atoms with Gasteiger partial charge in [-0.25, -0.2) is 0 Å². The lowest BCUT2D eigenvalue weighted by Crippen LogP contribution is -2.43. The van der Waals surface area contributed by atoms with E-state index in [2.05, 4.69) is 26.0 Å². The quantitative estimate of drug-likeness (QED) is 0.267. The van der Waals surface area contributed by atoms with Gasteiger partial charge in [0.2, 0.25) is 5.91 Å². The Hall–Kier alpha value is -3.52. The minimum atomic E-state index is -0.198. The third-order valence-corrected chi connectivity index (χ3v) is 7.33. The molecule has 0 saturated carbocycles. The van der Waals surface area contributed by atoms with Crippen LogP contribution < -0.4 is 14.2 Å². The van der Waals surface area contributed by atoms with Crippen molar-refractivity contribution >= 4 is 23.2 Å². The molecule has 204 valence electrons. The van der Waals surface area contributed by atoms with Gasteiger partial charge in [-0.15, -0.1) is 11.3 Å². The predicted molar refractivity (Wildman–Crippen MR) is 152 cm³/mol. The Bertz CT molecular complexity index is 1210. The number of aryl methyl sites for hydroxylation is 1. The summed E-state index contributed by atoms with van der Waals surface area (Å²) < 4.78 is 16.2. The van der Waals surface area contributed by atoms with E-state index in [-0.39, 0.29) is 18.4 Å². The van der Waals surface area contributed by atoms with Gasteiger partial charge in [0, 0.05) is 22.8 Å². The van der Waals surface area contributed by atoms with Gasteiger partial charge in [-0.05, 0) is 61.7 Å². The maximum atomic E-state index is 13.7. The van der Waals surface area contributed by atoms with Gasteiger partial charge in [0.05, 0.1) is 33.4 Å². The van der Waals surface area contributed by atoms with Crippen LogP contribution in [0.5, 0.6) is 17.2 Å². The first-order chi connectivity index (χ1) is 18.4. The normalized spacial score (nSPS) is 10.7. The molecule has 0 saturated heterocycles. The van der Waals surface area contributed by atoms with E-state index in [1.165, 1.54) is 4.88 Å². The Labute approximate surface area is 229 Å². The van der Waals surface area contributed by atoms with Crippen LogP contribution in [-0.4, -0.2) is 62.6 Å². The molecule has 3 rings (SSSR count). The molecule has 0 aliphatic carbocycles. The minimum Gasteiger partial charge on any atom is -0.496 e. The third-order valence-electron chi connectivity index (χ3n) is 6.35. The van der Waals surface area contributed by atoms with E-state index in [0.29, 0.717) is 48.9 Å². The zero-order valence-electron chi connectivity index (χ0n) is 23.0. The number of methoxy groups -OCH3 is 3. The van der Waals surface area contributed by atoms with Gasteiger partial charge in [0.25, 0.3) is 5.91 Å². The van der Waals surface area contributed by atoms with Crippen molar-refractivity contribution in [2.75, 3.05) is 41.0 Å². The molecule has 0 radical (unpaired) electrons. The van der Waals surface area contributed by atoms with Crippen LogP contribution in [0.4, 0.5) is 0 Å². The molecule has 0 N–H and O–H groups in total. The summed E-state index contributed by atoms with van der Waals surface area (Å²) in [6, 6.07) is 17.1. The third kappa shape index (κ3) is 7.74. The van der Waals surface area contributed by atoms with Crippen molar-refractivity contribution in [3.8, 4) is 17.2 Å². The highest BCUT2D eigenvalue weighted by Crippen LogP contribution is 2.28. The van der Waals surface area contributed by atoms with Crippen LogP contribution in [0.25, 0.3) is 0 Å². The second-order valence-electron chi connectivity index (χ2n) is 9.05. The van der Waals surface area contributed by atoms with E-state index in [9.17, 15) is 9.59 Å². The van der Waals surface area contributed by atoms with E-state index in [1.807, 2.05) is 35.2 Å². The highest BCUT2D eigenvalue weighted by atomic mass is 32.1. The minimum absolute atomic E-state index is 0.00712. The Balaban J connectivity index is 1.81. The molecule has 2 amide bonds. The maximum Gasteiger partial charge on any atom is 0.258 e. The van der Waals surface area contributed by atoms with Gasteiger partial charge in [0.1, 0.15) is 12.3 Å². The first-order valence-corrected chi connectivity index (χ1v) is 13.7. The molecule has 3 aromatic rings. The number of carbonyl (C=O) groups is 2. The molecule has 8 heteroatoms. The van der Waals surface area contributed by atoms with E-state index in [1.54, 1.807) is 49.7 Å². The molecule has 0 aliphatic rings. The number of rotatable bonds is 14. The van der Waals surface area contributed by atoms with Crippen molar-refractivity contribution in [2.24, 2.45) is 0 Å². The van der Waals surface area contributed by atoms with Crippen LogP contribution in [0.15, 0.2) is 54.6 Å². The molecule has 0 bridgehead atoms. The summed E-state index contributed by atoms with van der Waals surface area (Å²) in [6.07, 6.45) is 2.37. The second-order valence-corrected chi connectivity index (χ2v) is 10.4. The summed E-state index contributed by atoms with van der Waals surface area (Å²) in [5.74, 6) is 1.54. The van der Waals surface area contributed by atoms with Crippen molar-refractivity contribution in [1.29, 1.82) is 0 Å². The van der Waals surface area contributed by atoms with Crippen molar-refractivity contribution < 1.29 is 23.8 Å². The molecule has 0 spiro atoms. The molecule has 7 nitrogen and oxygen atoms in total. The van der Waals surface area contributed by atoms with Gasteiger partial charge in [0.15, 0.2) is 11.5 Å². The van der Waals surface area contributed by atoms with Gasteiger partial charge in [-0.3, -0.25) is 9.59 Å². The molecule has 0 aliphatic heterocycles. The second kappa shape index (κ2) is 14.4.